The Kier molecular flexibility index (Phi) is 5.21. The number of aromatic nitrogens is 2. The van der Waals surface area contributed by atoms with Gasteiger partial charge in [0.25, 0.3) is 5.22 Å². The second-order valence-corrected chi connectivity index (χ2v) is 7.43. The summed E-state index contributed by atoms with van der Waals surface area (Å²) in [6.07, 6.45) is 0. The number of aryl methyl sites for hydroxylation is 2. The number of hydrogen-bond acceptors (Lipinski definition) is 7. The fraction of sp³-hybridized carbons (Fsp3) is 0.250. The van der Waals surface area contributed by atoms with Gasteiger partial charge in [-0.05, 0) is 43.7 Å². The molecule has 2 aromatic carbocycles. The summed E-state index contributed by atoms with van der Waals surface area (Å²) in [6.45, 7) is 4.68. The molecule has 0 saturated carbocycles. The van der Waals surface area contributed by atoms with Crippen LogP contribution in [0.4, 0.5) is 0 Å². The average molecular weight is 397 g/mol. The number of rotatable bonds is 6. The molecule has 0 spiro atoms. The SMILES string of the molecule is Cc1cc(C)cc(-c2nnc(SCC(=O)NCc3ccc4c(c3)OCO4)o2)c1. The van der Waals surface area contributed by atoms with Crippen LogP contribution in [0.5, 0.6) is 11.5 Å². The van der Waals surface area contributed by atoms with Crippen molar-refractivity contribution >= 4 is 17.7 Å². The molecule has 2 heterocycles. The topological polar surface area (TPSA) is 86.5 Å². The molecule has 3 aromatic rings. The highest BCUT2D eigenvalue weighted by molar-refractivity contribution is 7.99. The number of carbonyl (C=O) groups excluding carboxylic acids is 1. The zero-order chi connectivity index (χ0) is 19.5. The van der Waals surface area contributed by atoms with Crippen LogP contribution in [0.1, 0.15) is 16.7 Å². The van der Waals surface area contributed by atoms with Crippen molar-refractivity contribution in [3.05, 3.63) is 53.1 Å². The summed E-state index contributed by atoms with van der Waals surface area (Å²) in [5.41, 5.74) is 4.08. The maximum atomic E-state index is 12.1. The second kappa shape index (κ2) is 7.93. The zero-order valence-electron chi connectivity index (χ0n) is 15.5. The van der Waals surface area contributed by atoms with Crippen LogP contribution in [0.2, 0.25) is 0 Å². The van der Waals surface area contributed by atoms with Crippen molar-refractivity contribution in [1.29, 1.82) is 0 Å². The number of carbonyl (C=O) groups is 1. The van der Waals surface area contributed by atoms with Gasteiger partial charge in [0.1, 0.15) is 0 Å². The molecular weight excluding hydrogens is 378 g/mol. The molecule has 8 heteroatoms. The number of amides is 1. The van der Waals surface area contributed by atoms with Crippen LogP contribution in [0, 0.1) is 13.8 Å². The normalized spacial score (nSPS) is 12.2. The van der Waals surface area contributed by atoms with Crippen LogP contribution >= 0.6 is 11.8 Å². The van der Waals surface area contributed by atoms with Crippen LogP contribution < -0.4 is 14.8 Å². The molecular formula is C20H19N3O4S. The molecule has 1 aliphatic rings. The van der Waals surface area contributed by atoms with Crippen molar-refractivity contribution in [2.24, 2.45) is 0 Å². The van der Waals surface area contributed by atoms with E-state index in [9.17, 15) is 4.79 Å². The van der Waals surface area contributed by atoms with Crippen LogP contribution in [-0.4, -0.2) is 28.7 Å². The van der Waals surface area contributed by atoms with E-state index < -0.39 is 0 Å². The molecule has 0 saturated heterocycles. The summed E-state index contributed by atoms with van der Waals surface area (Å²) in [6, 6.07) is 11.7. The second-order valence-electron chi connectivity index (χ2n) is 6.50. The molecule has 0 atom stereocenters. The van der Waals surface area contributed by atoms with E-state index in [1.807, 2.05) is 44.2 Å². The average Bonchev–Trinajstić information content (AvgIpc) is 3.32. The zero-order valence-corrected chi connectivity index (χ0v) is 16.3. The van der Waals surface area contributed by atoms with Gasteiger partial charge in [0.15, 0.2) is 11.5 Å². The molecule has 0 aliphatic carbocycles. The summed E-state index contributed by atoms with van der Waals surface area (Å²) >= 11 is 1.21. The highest BCUT2D eigenvalue weighted by Gasteiger charge is 2.14. The first-order valence-corrected chi connectivity index (χ1v) is 9.75. The summed E-state index contributed by atoms with van der Waals surface area (Å²) in [5.74, 6) is 1.95. The number of nitrogens with one attached hydrogen (secondary N) is 1. The largest absolute Gasteiger partial charge is 0.454 e. The molecule has 1 aliphatic heterocycles. The third-order valence-corrected chi connectivity index (χ3v) is 4.95. The Balaban J connectivity index is 1.30. The van der Waals surface area contributed by atoms with Gasteiger partial charge in [-0.25, -0.2) is 0 Å². The van der Waals surface area contributed by atoms with Gasteiger partial charge in [0, 0.05) is 12.1 Å². The van der Waals surface area contributed by atoms with Crippen molar-refractivity contribution in [1.82, 2.24) is 15.5 Å². The summed E-state index contributed by atoms with van der Waals surface area (Å²) in [5, 5.41) is 11.3. The van der Waals surface area contributed by atoms with E-state index >= 15 is 0 Å². The fourth-order valence-corrected chi connectivity index (χ4v) is 3.51. The van der Waals surface area contributed by atoms with Crippen LogP contribution in [0.25, 0.3) is 11.5 Å². The predicted molar refractivity (Wildman–Crippen MR) is 104 cm³/mol. The predicted octanol–water partition coefficient (Wildman–Crippen LogP) is 3.49. The number of thioether (sulfide) groups is 1. The number of ether oxygens (including phenoxy) is 2. The first-order chi connectivity index (χ1) is 13.6. The minimum atomic E-state index is -0.117. The van der Waals surface area contributed by atoms with E-state index in [4.69, 9.17) is 13.9 Å². The van der Waals surface area contributed by atoms with E-state index in [-0.39, 0.29) is 18.5 Å². The van der Waals surface area contributed by atoms with Crippen molar-refractivity contribution in [2.45, 2.75) is 25.6 Å². The van der Waals surface area contributed by atoms with Gasteiger partial charge in [-0.15, -0.1) is 10.2 Å². The lowest BCUT2D eigenvalue weighted by molar-refractivity contribution is -0.118. The Labute approximate surface area is 166 Å². The van der Waals surface area contributed by atoms with Gasteiger partial charge in [-0.3, -0.25) is 4.79 Å². The van der Waals surface area contributed by atoms with Gasteiger partial charge in [-0.2, -0.15) is 0 Å². The van der Waals surface area contributed by atoms with E-state index in [0.29, 0.717) is 23.4 Å². The molecule has 0 radical (unpaired) electrons. The highest BCUT2D eigenvalue weighted by atomic mass is 32.2. The molecule has 0 fully saturated rings. The van der Waals surface area contributed by atoms with Gasteiger partial charge < -0.3 is 19.2 Å². The lowest BCUT2D eigenvalue weighted by Crippen LogP contribution is -2.24. The molecule has 1 aromatic heterocycles. The molecule has 1 N–H and O–H groups in total. The van der Waals surface area contributed by atoms with E-state index in [1.54, 1.807) is 0 Å². The molecule has 7 nitrogen and oxygen atoms in total. The molecule has 1 amide bonds. The maximum absolute atomic E-state index is 12.1. The lowest BCUT2D eigenvalue weighted by atomic mass is 10.1. The summed E-state index contributed by atoms with van der Waals surface area (Å²) < 4.78 is 16.3. The first kappa shape index (κ1) is 18.4. The summed E-state index contributed by atoms with van der Waals surface area (Å²) in [7, 11) is 0. The third kappa shape index (κ3) is 4.28. The van der Waals surface area contributed by atoms with Crippen molar-refractivity contribution in [3.63, 3.8) is 0 Å². The Morgan fingerprint density at radius 2 is 1.86 bits per heavy atom. The standard InChI is InChI=1S/C20H19N3O4S/c1-12-5-13(2)7-15(6-12)19-22-23-20(27-19)28-10-18(24)21-9-14-3-4-16-17(8-14)26-11-25-16/h3-8H,9-11H2,1-2H3,(H,21,24). The minimum absolute atomic E-state index is 0.117. The number of fused-ring (bicyclic) bond motifs is 1. The van der Waals surface area contributed by atoms with Crippen LogP contribution in [0.3, 0.4) is 0 Å². The number of hydrogen-bond donors (Lipinski definition) is 1. The number of nitrogens with zero attached hydrogens (tertiary/aromatic N) is 2. The van der Waals surface area contributed by atoms with Gasteiger partial charge >= 0.3 is 0 Å². The molecule has 144 valence electrons. The quantitative estimate of drug-likeness (QED) is 0.637. The van der Waals surface area contributed by atoms with Crippen molar-refractivity contribution < 1.29 is 18.7 Å². The van der Waals surface area contributed by atoms with Gasteiger partial charge in [-0.1, -0.05) is 35.0 Å². The first-order valence-electron chi connectivity index (χ1n) is 8.77. The fourth-order valence-electron chi connectivity index (χ4n) is 2.91. The van der Waals surface area contributed by atoms with Gasteiger partial charge in [0.2, 0.25) is 18.6 Å². The van der Waals surface area contributed by atoms with E-state index in [1.165, 1.54) is 11.8 Å². The highest BCUT2D eigenvalue weighted by Crippen LogP contribution is 2.32. The monoisotopic (exact) mass is 397 g/mol. The molecule has 4 rings (SSSR count). The maximum Gasteiger partial charge on any atom is 0.277 e. The molecule has 0 bridgehead atoms. The van der Waals surface area contributed by atoms with Crippen molar-refractivity contribution in [3.8, 4) is 23.0 Å². The minimum Gasteiger partial charge on any atom is -0.454 e. The third-order valence-electron chi connectivity index (χ3n) is 4.13. The van der Waals surface area contributed by atoms with Crippen LogP contribution in [-0.2, 0) is 11.3 Å². The molecule has 28 heavy (non-hydrogen) atoms. The smallest absolute Gasteiger partial charge is 0.277 e. The summed E-state index contributed by atoms with van der Waals surface area (Å²) in [4.78, 5) is 12.1. The van der Waals surface area contributed by atoms with Gasteiger partial charge in [0.05, 0.1) is 5.75 Å². The Bertz CT molecular complexity index is 998. The van der Waals surface area contributed by atoms with Crippen molar-refractivity contribution in [2.75, 3.05) is 12.5 Å². The van der Waals surface area contributed by atoms with E-state index in [2.05, 4.69) is 21.6 Å². The van der Waals surface area contributed by atoms with E-state index in [0.717, 1.165) is 28.0 Å². The Morgan fingerprint density at radius 1 is 1.07 bits per heavy atom. The van der Waals surface area contributed by atoms with Crippen LogP contribution in [0.15, 0.2) is 46.0 Å². The molecule has 0 unspecified atom stereocenters. The number of benzene rings is 2. The lowest BCUT2D eigenvalue weighted by Gasteiger charge is -2.05. The Hall–Kier alpha value is -3.00. The Morgan fingerprint density at radius 3 is 2.68 bits per heavy atom.